The number of halogens is 3. The smallest absolute Gasteiger partial charge is 0.334 e. The maximum Gasteiger partial charge on any atom is 0.334 e. The van der Waals surface area contributed by atoms with E-state index in [-0.39, 0.29) is 0 Å². The molecule has 19 heavy (non-hydrogen) atoms. The van der Waals surface area contributed by atoms with Gasteiger partial charge >= 0.3 is 8.56 Å². The van der Waals surface area contributed by atoms with E-state index in [4.69, 9.17) is 8.85 Å². The molecule has 0 saturated heterocycles. The molecule has 0 N–H and O–H groups in total. The van der Waals surface area contributed by atoms with Crippen molar-refractivity contribution in [1.29, 1.82) is 0 Å². The van der Waals surface area contributed by atoms with E-state index in [0.717, 1.165) is 31.0 Å². The highest BCUT2D eigenvalue weighted by atomic mass is 28.4. The van der Waals surface area contributed by atoms with Gasteiger partial charge in [0.1, 0.15) is 0 Å². The number of aryl methyl sites for hydroxylation is 1. The molecule has 0 amide bonds. The van der Waals surface area contributed by atoms with Crippen LogP contribution in [0.5, 0.6) is 0 Å². The second-order valence-electron chi connectivity index (χ2n) is 4.62. The standard InChI is InChI=1S/C13H19F3O2Si/c1-17-19(3,18-2)7-5-4-6-10-8-11(14)13(16)12(15)9-10/h8-9H,4-7H2,1-3H3. The van der Waals surface area contributed by atoms with Crippen LogP contribution in [0.3, 0.4) is 0 Å². The van der Waals surface area contributed by atoms with Crippen LogP contribution in [-0.2, 0) is 15.3 Å². The van der Waals surface area contributed by atoms with E-state index in [1.165, 1.54) is 0 Å². The van der Waals surface area contributed by atoms with Crippen molar-refractivity contribution in [1.82, 2.24) is 0 Å². The fourth-order valence-electron chi connectivity index (χ4n) is 1.82. The average molecular weight is 292 g/mol. The Balaban J connectivity index is 2.46. The molecular formula is C13H19F3O2Si. The molecular weight excluding hydrogens is 273 g/mol. The highest BCUT2D eigenvalue weighted by Gasteiger charge is 2.27. The maximum absolute atomic E-state index is 13.0. The van der Waals surface area contributed by atoms with Gasteiger partial charge in [-0.05, 0) is 43.1 Å². The molecule has 0 fully saturated rings. The second kappa shape index (κ2) is 7.07. The summed E-state index contributed by atoms with van der Waals surface area (Å²) >= 11 is 0. The van der Waals surface area contributed by atoms with E-state index in [1.807, 2.05) is 6.55 Å². The Hall–Kier alpha value is -0.853. The van der Waals surface area contributed by atoms with Crippen molar-refractivity contribution in [2.24, 2.45) is 0 Å². The zero-order chi connectivity index (χ0) is 14.5. The molecule has 6 heteroatoms. The fraction of sp³-hybridized carbons (Fsp3) is 0.538. The molecule has 1 rings (SSSR count). The van der Waals surface area contributed by atoms with Gasteiger partial charge in [0.15, 0.2) is 17.5 Å². The third-order valence-electron chi connectivity index (χ3n) is 3.25. The molecule has 0 aliphatic rings. The quantitative estimate of drug-likeness (QED) is 0.432. The highest BCUT2D eigenvalue weighted by Crippen LogP contribution is 2.19. The molecule has 0 unspecified atom stereocenters. The normalized spacial score (nSPS) is 11.9. The van der Waals surface area contributed by atoms with E-state index in [9.17, 15) is 13.2 Å². The Morgan fingerprint density at radius 3 is 2.00 bits per heavy atom. The molecule has 0 heterocycles. The van der Waals surface area contributed by atoms with E-state index in [2.05, 4.69) is 0 Å². The number of unbranched alkanes of at least 4 members (excludes halogenated alkanes) is 1. The molecule has 0 atom stereocenters. The molecule has 0 saturated carbocycles. The van der Waals surface area contributed by atoms with Gasteiger partial charge in [-0.15, -0.1) is 0 Å². The molecule has 1 aromatic rings. The Bertz CT molecular complexity index is 399. The van der Waals surface area contributed by atoms with Crippen molar-refractivity contribution >= 4 is 8.56 Å². The number of hydrogen-bond acceptors (Lipinski definition) is 2. The van der Waals surface area contributed by atoms with Crippen LogP contribution in [0.25, 0.3) is 0 Å². The second-order valence-corrected chi connectivity index (χ2v) is 8.21. The van der Waals surface area contributed by atoms with Crippen molar-refractivity contribution in [2.45, 2.75) is 31.9 Å². The summed E-state index contributed by atoms with van der Waals surface area (Å²) in [5.41, 5.74) is 0.467. The summed E-state index contributed by atoms with van der Waals surface area (Å²) in [6.07, 6.45) is 2.09. The minimum absolute atomic E-state index is 0.467. The van der Waals surface area contributed by atoms with Crippen LogP contribution in [0.15, 0.2) is 12.1 Å². The maximum atomic E-state index is 13.0. The molecule has 2 nitrogen and oxygen atoms in total. The van der Waals surface area contributed by atoms with Crippen LogP contribution in [0.1, 0.15) is 18.4 Å². The Morgan fingerprint density at radius 1 is 1.00 bits per heavy atom. The molecule has 108 valence electrons. The minimum Gasteiger partial charge on any atom is -0.398 e. The van der Waals surface area contributed by atoms with Crippen LogP contribution < -0.4 is 0 Å². The Labute approximate surface area is 112 Å². The van der Waals surface area contributed by atoms with Gasteiger partial charge in [0.25, 0.3) is 0 Å². The zero-order valence-electron chi connectivity index (χ0n) is 11.4. The van der Waals surface area contributed by atoms with Crippen molar-refractivity contribution in [2.75, 3.05) is 14.2 Å². The van der Waals surface area contributed by atoms with Gasteiger partial charge in [-0.1, -0.05) is 6.42 Å². The van der Waals surface area contributed by atoms with Crippen LogP contribution in [-0.4, -0.2) is 22.8 Å². The third kappa shape index (κ3) is 4.63. The molecule has 0 spiro atoms. The molecule has 0 radical (unpaired) electrons. The first-order chi connectivity index (χ1) is 8.91. The Morgan fingerprint density at radius 2 is 1.53 bits per heavy atom. The van der Waals surface area contributed by atoms with Crippen molar-refractivity contribution in [3.63, 3.8) is 0 Å². The van der Waals surface area contributed by atoms with Gasteiger partial charge in [0.05, 0.1) is 0 Å². The highest BCUT2D eigenvalue weighted by molar-refractivity contribution is 6.65. The first-order valence-electron chi connectivity index (χ1n) is 6.15. The lowest BCUT2D eigenvalue weighted by Gasteiger charge is -2.22. The lowest BCUT2D eigenvalue weighted by molar-refractivity contribution is 0.248. The summed E-state index contributed by atoms with van der Waals surface area (Å²) in [5.74, 6) is -3.69. The fourth-order valence-corrected chi connectivity index (χ4v) is 3.28. The van der Waals surface area contributed by atoms with Gasteiger partial charge < -0.3 is 8.85 Å². The third-order valence-corrected chi connectivity index (χ3v) is 6.24. The van der Waals surface area contributed by atoms with E-state index < -0.39 is 26.0 Å². The summed E-state index contributed by atoms with van der Waals surface area (Å²) in [6, 6.07) is 2.90. The lowest BCUT2D eigenvalue weighted by Crippen LogP contribution is -2.35. The summed E-state index contributed by atoms with van der Waals surface area (Å²) in [4.78, 5) is 0. The molecule has 0 aliphatic heterocycles. The lowest BCUT2D eigenvalue weighted by atomic mass is 10.1. The van der Waals surface area contributed by atoms with E-state index in [0.29, 0.717) is 12.0 Å². The molecule has 0 aliphatic carbocycles. The van der Waals surface area contributed by atoms with Crippen LogP contribution >= 0.6 is 0 Å². The largest absolute Gasteiger partial charge is 0.398 e. The van der Waals surface area contributed by atoms with Crippen molar-refractivity contribution in [3.05, 3.63) is 35.1 Å². The van der Waals surface area contributed by atoms with Crippen LogP contribution in [0.4, 0.5) is 13.2 Å². The topological polar surface area (TPSA) is 18.5 Å². The van der Waals surface area contributed by atoms with Gasteiger partial charge in [0, 0.05) is 14.2 Å². The van der Waals surface area contributed by atoms with Crippen molar-refractivity contribution in [3.8, 4) is 0 Å². The number of benzene rings is 1. The predicted octanol–water partition coefficient (Wildman–Crippen LogP) is 3.79. The number of rotatable bonds is 7. The van der Waals surface area contributed by atoms with E-state index >= 15 is 0 Å². The SMILES string of the molecule is CO[Si](C)(CCCCc1cc(F)c(F)c(F)c1)OC. The van der Waals surface area contributed by atoms with Gasteiger partial charge in [0.2, 0.25) is 0 Å². The van der Waals surface area contributed by atoms with Gasteiger partial charge in [-0.2, -0.15) is 0 Å². The van der Waals surface area contributed by atoms with Crippen LogP contribution in [0, 0.1) is 17.5 Å². The van der Waals surface area contributed by atoms with E-state index in [1.54, 1.807) is 14.2 Å². The zero-order valence-corrected chi connectivity index (χ0v) is 12.4. The molecule has 1 aromatic carbocycles. The molecule has 0 aromatic heterocycles. The van der Waals surface area contributed by atoms with Gasteiger partial charge in [-0.25, -0.2) is 13.2 Å². The first kappa shape index (κ1) is 16.2. The summed E-state index contributed by atoms with van der Waals surface area (Å²) in [5, 5.41) is 0. The minimum atomic E-state index is -2.07. The summed E-state index contributed by atoms with van der Waals surface area (Å²) in [6.45, 7) is 1.96. The first-order valence-corrected chi connectivity index (χ1v) is 8.68. The summed E-state index contributed by atoms with van der Waals surface area (Å²) < 4.78 is 49.4. The molecule has 0 bridgehead atoms. The van der Waals surface area contributed by atoms with Crippen molar-refractivity contribution < 1.29 is 22.0 Å². The number of hydrogen-bond donors (Lipinski definition) is 0. The Kier molecular flexibility index (Phi) is 6.03. The average Bonchev–Trinajstić information content (AvgIpc) is 2.40. The van der Waals surface area contributed by atoms with Gasteiger partial charge in [-0.3, -0.25) is 0 Å². The predicted molar refractivity (Wildman–Crippen MR) is 69.7 cm³/mol. The summed E-state index contributed by atoms with van der Waals surface area (Å²) in [7, 11) is 1.18. The van der Waals surface area contributed by atoms with Crippen LogP contribution in [0.2, 0.25) is 12.6 Å². The monoisotopic (exact) mass is 292 g/mol.